The van der Waals surface area contributed by atoms with Crippen molar-refractivity contribution >= 4 is 22.4 Å². The standard InChI is InChI=1S/C11H7ClN4/c12-11-14-10(15-16-11)9-8-4-2-1-3-7(8)5-6-13-9/h1-6H,(H,14,15,16). The van der Waals surface area contributed by atoms with Crippen molar-refractivity contribution in [3.05, 3.63) is 41.8 Å². The van der Waals surface area contributed by atoms with Crippen molar-refractivity contribution in [3.8, 4) is 11.5 Å². The summed E-state index contributed by atoms with van der Waals surface area (Å²) in [5, 5.41) is 8.99. The van der Waals surface area contributed by atoms with Crippen LogP contribution in [0, 0.1) is 0 Å². The Morgan fingerprint density at radius 1 is 1.12 bits per heavy atom. The number of rotatable bonds is 1. The first-order valence-corrected chi connectivity index (χ1v) is 5.14. The Hall–Kier alpha value is -1.94. The highest BCUT2D eigenvalue weighted by atomic mass is 35.5. The molecule has 1 N–H and O–H groups in total. The lowest BCUT2D eigenvalue weighted by atomic mass is 10.1. The molecule has 0 amide bonds. The molecule has 0 aliphatic rings. The Morgan fingerprint density at radius 3 is 2.81 bits per heavy atom. The molecule has 3 rings (SSSR count). The summed E-state index contributed by atoms with van der Waals surface area (Å²) in [6.45, 7) is 0. The van der Waals surface area contributed by atoms with E-state index in [9.17, 15) is 0 Å². The number of H-pyrrole nitrogens is 1. The predicted molar refractivity (Wildman–Crippen MR) is 62.1 cm³/mol. The second-order valence-electron chi connectivity index (χ2n) is 3.33. The molecule has 78 valence electrons. The van der Waals surface area contributed by atoms with Crippen LogP contribution >= 0.6 is 11.6 Å². The fourth-order valence-corrected chi connectivity index (χ4v) is 1.77. The molecule has 1 aromatic carbocycles. The van der Waals surface area contributed by atoms with Crippen LogP contribution in [-0.2, 0) is 0 Å². The third kappa shape index (κ3) is 1.44. The molecule has 2 aromatic heterocycles. The van der Waals surface area contributed by atoms with E-state index in [0.29, 0.717) is 5.82 Å². The van der Waals surface area contributed by atoms with Gasteiger partial charge in [-0.3, -0.25) is 4.98 Å². The van der Waals surface area contributed by atoms with Crippen LogP contribution in [0.1, 0.15) is 0 Å². The molecule has 0 aliphatic heterocycles. The molecule has 2 heterocycles. The summed E-state index contributed by atoms with van der Waals surface area (Å²) in [5.41, 5.74) is 0.737. The smallest absolute Gasteiger partial charge is 0.218 e. The van der Waals surface area contributed by atoms with Crippen LogP contribution in [0.4, 0.5) is 0 Å². The molecule has 0 atom stereocenters. The van der Waals surface area contributed by atoms with E-state index < -0.39 is 0 Å². The molecule has 0 bridgehead atoms. The highest BCUT2D eigenvalue weighted by molar-refractivity contribution is 6.28. The molecule has 4 nitrogen and oxygen atoms in total. The number of nitrogens with zero attached hydrogens (tertiary/aromatic N) is 3. The van der Waals surface area contributed by atoms with Crippen LogP contribution in [0.3, 0.4) is 0 Å². The van der Waals surface area contributed by atoms with Gasteiger partial charge in [0.2, 0.25) is 11.1 Å². The molecule has 0 saturated carbocycles. The van der Waals surface area contributed by atoms with Gasteiger partial charge in [0.05, 0.1) is 0 Å². The van der Waals surface area contributed by atoms with E-state index in [1.165, 1.54) is 0 Å². The first-order valence-electron chi connectivity index (χ1n) is 4.76. The summed E-state index contributed by atoms with van der Waals surface area (Å²) in [7, 11) is 0. The van der Waals surface area contributed by atoms with Gasteiger partial charge in [0.25, 0.3) is 0 Å². The van der Waals surface area contributed by atoms with E-state index in [2.05, 4.69) is 20.2 Å². The third-order valence-electron chi connectivity index (χ3n) is 2.34. The largest absolute Gasteiger partial charge is 0.252 e. The van der Waals surface area contributed by atoms with Crippen molar-refractivity contribution in [2.24, 2.45) is 0 Å². The molecule has 5 heteroatoms. The van der Waals surface area contributed by atoms with Gasteiger partial charge in [-0.1, -0.05) is 24.3 Å². The van der Waals surface area contributed by atoms with Gasteiger partial charge in [-0.15, -0.1) is 0 Å². The zero-order chi connectivity index (χ0) is 11.0. The SMILES string of the molecule is Clc1nc(-c2nccc3ccccc23)n[nH]1. The average Bonchev–Trinajstić information content (AvgIpc) is 2.75. The second-order valence-corrected chi connectivity index (χ2v) is 3.69. The highest BCUT2D eigenvalue weighted by Crippen LogP contribution is 2.23. The Bertz CT molecular complexity index is 642. The number of aromatic nitrogens is 4. The summed E-state index contributed by atoms with van der Waals surface area (Å²) >= 11 is 5.70. The third-order valence-corrected chi connectivity index (χ3v) is 2.51. The van der Waals surface area contributed by atoms with E-state index >= 15 is 0 Å². The fourth-order valence-electron chi connectivity index (χ4n) is 1.65. The summed E-state index contributed by atoms with van der Waals surface area (Å²) in [5.74, 6) is 0.516. The maximum Gasteiger partial charge on any atom is 0.218 e. The molecule has 0 radical (unpaired) electrons. The monoisotopic (exact) mass is 230 g/mol. The molecule has 0 aliphatic carbocycles. The lowest BCUT2D eigenvalue weighted by Gasteiger charge is -2.00. The zero-order valence-corrected chi connectivity index (χ0v) is 8.94. The van der Waals surface area contributed by atoms with Crippen LogP contribution in [0.5, 0.6) is 0 Å². The van der Waals surface area contributed by atoms with Gasteiger partial charge >= 0.3 is 0 Å². The number of benzene rings is 1. The minimum absolute atomic E-state index is 0.268. The zero-order valence-electron chi connectivity index (χ0n) is 8.18. The lowest BCUT2D eigenvalue weighted by molar-refractivity contribution is 1.09. The van der Waals surface area contributed by atoms with Crippen LogP contribution < -0.4 is 0 Å². The Kier molecular flexibility index (Phi) is 2.08. The number of halogens is 1. The fraction of sp³-hybridized carbons (Fsp3) is 0. The number of pyridine rings is 1. The molecule has 3 aromatic rings. The Morgan fingerprint density at radius 2 is 2.00 bits per heavy atom. The van der Waals surface area contributed by atoms with Crippen molar-refractivity contribution in [3.63, 3.8) is 0 Å². The van der Waals surface area contributed by atoms with Crippen molar-refractivity contribution in [2.75, 3.05) is 0 Å². The first kappa shape index (κ1) is 9.30. The van der Waals surface area contributed by atoms with Gasteiger partial charge in [0.1, 0.15) is 5.69 Å². The van der Waals surface area contributed by atoms with E-state index in [0.717, 1.165) is 16.5 Å². The minimum atomic E-state index is 0.268. The molecule has 16 heavy (non-hydrogen) atoms. The van der Waals surface area contributed by atoms with Crippen LogP contribution in [0.2, 0.25) is 5.28 Å². The van der Waals surface area contributed by atoms with E-state index in [4.69, 9.17) is 11.6 Å². The minimum Gasteiger partial charge on any atom is -0.252 e. The number of fused-ring (bicyclic) bond motifs is 1. The van der Waals surface area contributed by atoms with Crippen molar-refractivity contribution in [1.29, 1.82) is 0 Å². The molecule has 0 unspecified atom stereocenters. The quantitative estimate of drug-likeness (QED) is 0.699. The van der Waals surface area contributed by atoms with Crippen molar-refractivity contribution < 1.29 is 0 Å². The van der Waals surface area contributed by atoms with Gasteiger partial charge < -0.3 is 0 Å². The summed E-state index contributed by atoms with van der Waals surface area (Å²) in [4.78, 5) is 8.35. The number of hydrogen-bond acceptors (Lipinski definition) is 3. The lowest BCUT2D eigenvalue weighted by Crippen LogP contribution is -1.87. The normalized spacial score (nSPS) is 10.8. The van der Waals surface area contributed by atoms with E-state index in [1.54, 1.807) is 6.20 Å². The van der Waals surface area contributed by atoms with Crippen molar-refractivity contribution in [2.45, 2.75) is 0 Å². The van der Waals surface area contributed by atoms with Gasteiger partial charge in [-0.25, -0.2) is 5.10 Å². The second kappa shape index (κ2) is 3.57. The van der Waals surface area contributed by atoms with Crippen LogP contribution in [0.15, 0.2) is 36.5 Å². The molecule has 0 saturated heterocycles. The molecule has 0 spiro atoms. The molecular formula is C11H7ClN4. The summed E-state index contributed by atoms with van der Waals surface area (Å²) < 4.78 is 0. The predicted octanol–water partition coefficient (Wildman–Crippen LogP) is 2.67. The molecular weight excluding hydrogens is 224 g/mol. The van der Waals surface area contributed by atoms with Crippen LogP contribution in [-0.4, -0.2) is 20.2 Å². The number of nitrogens with one attached hydrogen (secondary N) is 1. The van der Waals surface area contributed by atoms with Gasteiger partial charge in [-0.2, -0.15) is 10.1 Å². The number of hydrogen-bond donors (Lipinski definition) is 1. The van der Waals surface area contributed by atoms with E-state index in [-0.39, 0.29) is 5.28 Å². The average molecular weight is 231 g/mol. The Balaban J connectivity index is 2.31. The summed E-state index contributed by atoms with van der Waals surface area (Å²) in [6, 6.07) is 9.91. The van der Waals surface area contributed by atoms with Gasteiger partial charge in [0.15, 0.2) is 0 Å². The first-order chi connectivity index (χ1) is 7.84. The van der Waals surface area contributed by atoms with Gasteiger partial charge in [-0.05, 0) is 23.1 Å². The van der Waals surface area contributed by atoms with Crippen LogP contribution in [0.25, 0.3) is 22.3 Å². The number of aromatic amines is 1. The summed E-state index contributed by atoms with van der Waals surface area (Å²) in [6.07, 6.45) is 1.74. The molecule has 0 fully saturated rings. The highest BCUT2D eigenvalue weighted by Gasteiger charge is 2.09. The maximum absolute atomic E-state index is 5.70. The maximum atomic E-state index is 5.70. The van der Waals surface area contributed by atoms with E-state index in [1.807, 2.05) is 30.3 Å². The van der Waals surface area contributed by atoms with Gasteiger partial charge in [0, 0.05) is 11.6 Å². The Labute approximate surface area is 96.3 Å². The van der Waals surface area contributed by atoms with Crippen molar-refractivity contribution in [1.82, 2.24) is 20.2 Å². The topological polar surface area (TPSA) is 54.5 Å².